The molecule has 0 aromatic heterocycles. The van der Waals surface area contributed by atoms with Crippen molar-refractivity contribution in [2.75, 3.05) is 18.4 Å². The molecule has 1 aromatic rings. The third-order valence-electron chi connectivity index (χ3n) is 4.80. The third kappa shape index (κ3) is 2.48. The highest BCUT2D eigenvalue weighted by Gasteiger charge is 2.44. The number of imide groups is 1. The summed E-state index contributed by atoms with van der Waals surface area (Å²) in [7, 11) is 0. The molecule has 4 rings (SSSR count). The van der Waals surface area contributed by atoms with Crippen LogP contribution in [-0.2, 0) is 0 Å². The predicted octanol–water partition coefficient (Wildman–Crippen LogP) is 2.63. The Kier molecular flexibility index (Phi) is 3.40. The fourth-order valence-corrected chi connectivity index (χ4v) is 3.16. The van der Waals surface area contributed by atoms with Crippen molar-refractivity contribution in [3.63, 3.8) is 0 Å². The van der Waals surface area contributed by atoms with Gasteiger partial charge in [0.2, 0.25) is 0 Å². The molecule has 4 amide bonds. The lowest BCUT2D eigenvalue weighted by Gasteiger charge is -2.25. The molecule has 1 saturated carbocycles. The van der Waals surface area contributed by atoms with E-state index in [2.05, 4.69) is 12.2 Å². The molecule has 0 atom stereocenters. The van der Waals surface area contributed by atoms with Crippen LogP contribution in [0.2, 0.25) is 0 Å². The Morgan fingerprint density at radius 3 is 2.58 bits per heavy atom. The number of carbonyl (C=O) groups is 3. The topological polar surface area (TPSA) is 69.7 Å². The van der Waals surface area contributed by atoms with Crippen molar-refractivity contribution in [2.24, 2.45) is 0 Å². The predicted molar refractivity (Wildman–Crippen MR) is 88.9 cm³/mol. The fraction of sp³-hybridized carbons (Fsp3) is 0.389. The van der Waals surface area contributed by atoms with Gasteiger partial charge in [-0.15, -0.1) is 0 Å². The summed E-state index contributed by atoms with van der Waals surface area (Å²) in [4.78, 5) is 40.1. The van der Waals surface area contributed by atoms with Gasteiger partial charge in [0.25, 0.3) is 11.8 Å². The molecule has 0 saturated heterocycles. The first-order valence-electron chi connectivity index (χ1n) is 8.28. The van der Waals surface area contributed by atoms with Crippen LogP contribution in [0.4, 0.5) is 10.5 Å². The SMILES string of the molecule is CC1=CCN(C(=O)Nc2ccc3c(c2)C(=O)N(C2CC2)C3=O)CC1. The first kappa shape index (κ1) is 14.9. The second-order valence-electron chi connectivity index (χ2n) is 6.65. The molecule has 124 valence electrons. The summed E-state index contributed by atoms with van der Waals surface area (Å²) in [5.74, 6) is -0.461. The third-order valence-corrected chi connectivity index (χ3v) is 4.80. The van der Waals surface area contributed by atoms with E-state index in [4.69, 9.17) is 0 Å². The smallest absolute Gasteiger partial charge is 0.320 e. The molecule has 2 aliphatic heterocycles. The van der Waals surface area contributed by atoms with Crippen LogP contribution in [0.25, 0.3) is 0 Å². The van der Waals surface area contributed by atoms with Gasteiger partial charge in [0.15, 0.2) is 0 Å². The van der Waals surface area contributed by atoms with Crippen molar-refractivity contribution in [1.82, 2.24) is 9.80 Å². The molecular weight excluding hydrogens is 306 g/mol. The molecule has 3 aliphatic rings. The van der Waals surface area contributed by atoms with Gasteiger partial charge < -0.3 is 10.2 Å². The van der Waals surface area contributed by atoms with Gasteiger partial charge in [0, 0.05) is 24.8 Å². The molecule has 1 N–H and O–H groups in total. The van der Waals surface area contributed by atoms with Crippen LogP contribution in [-0.4, -0.2) is 46.8 Å². The number of urea groups is 1. The average molecular weight is 325 g/mol. The summed E-state index contributed by atoms with van der Waals surface area (Å²) in [6, 6.07) is 4.80. The zero-order valence-corrected chi connectivity index (χ0v) is 13.5. The summed E-state index contributed by atoms with van der Waals surface area (Å²) in [6.45, 7) is 3.34. The van der Waals surface area contributed by atoms with E-state index in [9.17, 15) is 14.4 Å². The van der Waals surface area contributed by atoms with E-state index in [-0.39, 0.29) is 23.9 Å². The summed E-state index contributed by atoms with van der Waals surface area (Å²) in [5.41, 5.74) is 2.66. The second kappa shape index (κ2) is 5.47. The van der Waals surface area contributed by atoms with E-state index in [1.165, 1.54) is 10.5 Å². The van der Waals surface area contributed by atoms with Crippen molar-refractivity contribution < 1.29 is 14.4 Å². The van der Waals surface area contributed by atoms with E-state index in [0.717, 1.165) is 19.3 Å². The van der Waals surface area contributed by atoms with Crippen LogP contribution in [0, 0.1) is 0 Å². The molecule has 1 fully saturated rings. The maximum absolute atomic E-state index is 12.4. The molecule has 1 aliphatic carbocycles. The van der Waals surface area contributed by atoms with Crippen LogP contribution in [0.1, 0.15) is 46.9 Å². The molecule has 6 heteroatoms. The van der Waals surface area contributed by atoms with E-state index >= 15 is 0 Å². The minimum atomic E-state index is -0.245. The average Bonchev–Trinajstić information content (AvgIpc) is 3.36. The lowest BCUT2D eigenvalue weighted by atomic mass is 10.1. The molecule has 1 aromatic carbocycles. The van der Waals surface area contributed by atoms with Crippen molar-refractivity contribution >= 4 is 23.5 Å². The Hall–Kier alpha value is -2.63. The van der Waals surface area contributed by atoms with Gasteiger partial charge in [-0.25, -0.2) is 4.79 Å². The number of carbonyl (C=O) groups excluding carboxylic acids is 3. The van der Waals surface area contributed by atoms with Crippen LogP contribution in [0.5, 0.6) is 0 Å². The van der Waals surface area contributed by atoms with Crippen molar-refractivity contribution in [3.8, 4) is 0 Å². The number of nitrogens with zero attached hydrogens (tertiary/aromatic N) is 2. The molecular formula is C18H19N3O3. The Bertz CT molecular complexity index is 780. The molecule has 0 spiro atoms. The maximum Gasteiger partial charge on any atom is 0.322 e. The van der Waals surface area contributed by atoms with Crippen LogP contribution >= 0.6 is 0 Å². The first-order chi connectivity index (χ1) is 11.5. The van der Waals surface area contributed by atoms with Gasteiger partial charge in [-0.1, -0.05) is 11.6 Å². The highest BCUT2D eigenvalue weighted by molar-refractivity contribution is 6.22. The number of amides is 4. The maximum atomic E-state index is 12.4. The summed E-state index contributed by atoms with van der Waals surface area (Å²) < 4.78 is 0. The number of anilines is 1. The van der Waals surface area contributed by atoms with Crippen molar-refractivity contribution in [1.29, 1.82) is 0 Å². The lowest BCUT2D eigenvalue weighted by molar-refractivity contribution is 0.0642. The van der Waals surface area contributed by atoms with Gasteiger partial charge in [-0.2, -0.15) is 0 Å². The molecule has 0 unspecified atom stereocenters. The number of hydrogen-bond acceptors (Lipinski definition) is 3. The second-order valence-corrected chi connectivity index (χ2v) is 6.65. The summed E-state index contributed by atoms with van der Waals surface area (Å²) >= 11 is 0. The largest absolute Gasteiger partial charge is 0.322 e. The first-order valence-corrected chi connectivity index (χ1v) is 8.28. The fourth-order valence-electron chi connectivity index (χ4n) is 3.16. The molecule has 0 bridgehead atoms. The molecule has 2 heterocycles. The number of benzene rings is 1. The highest BCUT2D eigenvalue weighted by Crippen LogP contribution is 2.35. The van der Waals surface area contributed by atoms with E-state index in [1.54, 1.807) is 23.1 Å². The highest BCUT2D eigenvalue weighted by atomic mass is 16.2. The van der Waals surface area contributed by atoms with E-state index < -0.39 is 0 Å². The summed E-state index contributed by atoms with van der Waals surface area (Å²) in [5, 5.41) is 2.83. The Balaban J connectivity index is 1.51. The molecule has 0 radical (unpaired) electrons. The van der Waals surface area contributed by atoms with Gasteiger partial charge in [-0.05, 0) is 44.4 Å². The number of nitrogens with one attached hydrogen (secondary N) is 1. The molecule has 6 nitrogen and oxygen atoms in total. The van der Waals surface area contributed by atoms with Crippen molar-refractivity contribution in [2.45, 2.75) is 32.2 Å². The summed E-state index contributed by atoms with van der Waals surface area (Å²) in [6.07, 6.45) is 4.69. The van der Waals surface area contributed by atoms with Crippen LogP contribution in [0.15, 0.2) is 29.8 Å². The standard InChI is InChI=1S/C18H19N3O3/c1-11-6-8-20(9-7-11)18(24)19-12-2-5-14-15(10-12)17(23)21(16(14)22)13-3-4-13/h2,5-6,10,13H,3-4,7-9H2,1H3,(H,19,24). The zero-order chi connectivity index (χ0) is 16.8. The van der Waals surface area contributed by atoms with E-state index in [1.807, 2.05) is 6.08 Å². The number of hydrogen-bond donors (Lipinski definition) is 1. The number of fused-ring (bicyclic) bond motifs is 1. The van der Waals surface area contributed by atoms with E-state index in [0.29, 0.717) is 29.9 Å². The lowest BCUT2D eigenvalue weighted by Crippen LogP contribution is -2.37. The van der Waals surface area contributed by atoms with Crippen LogP contribution in [0.3, 0.4) is 0 Å². The Labute approximate surface area is 140 Å². The Morgan fingerprint density at radius 1 is 1.17 bits per heavy atom. The normalized spacial score (nSPS) is 20.1. The quantitative estimate of drug-likeness (QED) is 0.671. The minimum absolute atomic E-state index is 0.0545. The van der Waals surface area contributed by atoms with Gasteiger partial charge in [0.1, 0.15) is 0 Å². The minimum Gasteiger partial charge on any atom is -0.320 e. The number of rotatable bonds is 2. The van der Waals surface area contributed by atoms with Crippen LogP contribution < -0.4 is 5.32 Å². The molecule has 24 heavy (non-hydrogen) atoms. The Morgan fingerprint density at radius 2 is 1.92 bits per heavy atom. The van der Waals surface area contributed by atoms with Gasteiger partial charge >= 0.3 is 6.03 Å². The van der Waals surface area contributed by atoms with Gasteiger partial charge in [0.05, 0.1) is 11.1 Å². The van der Waals surface area contributed by atoms with Gasteiger partial charge in [-0.3, -0.25) is 14.5 Å². The monoisotopic (exact) mass is 325 g/mol. The van der Waals surface area contributed by atoms with Crippen molar-refractivity contribution in [3.05, 3.63) is 41.0 Å². The zero-order valence-electron chi connectivity index (χ0n) is 13.5.